The summed E-state index contributed by atoms with van der Waals surface area (Å²) < 4.78 is 41.7. The van der Waals surface area contributed by atoms with E-state index in [2.05, 4.69) is 10.3 Å². The Bertz CT molecular complexity index is 891. The summed E-state index contributed by atoms with van der Waals surface area (Å²) in [6.45, 7) is 4.65. The number of fused-ring (bicyclic) bond motifs is 1. The van der Waals surface area contributed by atoms with Gasteiger partial charge >= 0.3 is 0 Å². The summed E-state index contributed by atoms with van der Waals surface area (Å²) in [4.78, 5) is 4.28. The van der Waals surface area contributed by atoms with Crippen molar-refractivity contribution in [2.24, 2.45) is 5.92 Å². The molecule has 5 heteroatoms. The predicted molar refractivity (Wildman–Crippen MR) is 90.4 cm³/mol. The topological polar surface area (TPSA) is 24.9 Å². The molecule has 0 unspecified atom stereocenters. The van der Waals surface area contributed by atoms with Crippen LogP contribution in [0, 0.1) is 23.4 Å². The Balaban J connectivity index is 2.23. The molecule has 0 saturated heterocycles. The van der Waals surface area contributed by atoms with Crippen LogP contribution in [0.15, 0.2) is 42.6 Å². The molecule has 1 aromatic heterocycles. The molecule has 24 heavy (non-hydrogen) atoms. The Morgan fingerprint density at radius 2 is 1.83 bits per heavy atom. The Morgan fingerprint density at radius 1 is 1.04 bits per heavy atom. The van der Waals surface area contributed by atoms with E-state index in [0.717, 1.165) is 6.07 Å². The van der Waals surface area contributed by atoms with Gasteiger partial charge in [0.1, 0.15) is 23.3 Å². The Morgan fingerprint density at radius 3 is 2.54 bits per heavy atom. The Hall–Kier alpha value is -2.56. The van der Waals surface area contributed by atoms with E-state index in [0.29, 0.717) is 34.8 Å². The van der Waals surface area contributed by atoms with Crippen LogP contribution < -0.4 is 5.32 Å². The van der Waals surface area contributed by atoms with Crippen molar-refractivity contribution in [3.05, 3.63) is 60.0 Å². The molecule has 0 fully saturated rings. The van der Waals surface area contributed by atoms with Crippen molar-refractivity contribution >= 4 is 16.6 Å². The first-order valence-corrected chi connectivity index (χ1v) is 7.73. The minimum Gasteiger partial charge on any atom is -0.369 e. The summed E-state index contributed by atoms with van der Waals surface area (Å²) in [7, 11) is 0. The number of pyridine rings is 1. The third-order valence-corrected chi connectivity index (χ3v) is 3.72. The van der Waals surface area contributed by atoms with Gasteiger partial charge in [-0.1, -0.05) is 26.0 Å². The van der Waals surface area contributed by atoms with Gasteiger partial charge in [-0.15, -0.1) is 0 Å². The van der Waals surface area contributed by atoms with Gasteiger partial charge in [0.05, 0.1) is 5.39 Å². The number of rotatable bonds is 4. The maximum absolute atomic E-state index is 14.4. The first-order valence-electron chi connectivity index (χ1n) is 7.73. The van der Waals surface area contributed by atoms with Crippen LogP contribution in [-0.2, 0) is 0 Å². The fraction of sp³-hybridized carbons (Fsp3) is 0.211. The largest absolute Gasteiger partial charge is 0.369 e. The zero-order valence-electron chi connectivity index (χ0n) is 13.4. The quantitative estimate of drug-likeness (QED) is 0.694. The lowest BCUT2D eigenvalue weighted by molar-refractivity contribution is 0.592. The SMILES string of the molecule is CC(C)CNc1ncc(-c2cccc(F)c2)c2cc(F)cc(F)c12. The number of hydrogen-bond donors (Lipinski definition) is 1. The fourth-order valence-corrected chi connectivity index (χ4v) is 2.61. The molecule has 2 nitrogen and oxygen atoms in total. The second-order valence-electron chi connectivity index (χ2n) is 6.12. The highest BCUT2D eigenvalue weighted by Crippen LogP contribution is 2.34. The summed E-state index contributed by atoms with van der Waals surface area (Å²) in [5.74, 6) is -1.09. The van der Waals surface area contributed by atoms with E-state index in [9.17, 15) is 13.2 Å². The van der Waals surface area contributed by atoms with Crippen LogP contribution in [0.5, 0.6) is 0 Å². The van der Waals surface area contributed by atoms with Gasteiger partial charge in [-0.25, -0.2) is 18.2 Å². The maximum Gasteiger partial charge on any atom is 0.137 e. The average Bonchev–Trinajstić information content (AvgIpc) is 2.52. The highest BCUT2D eigenvalue weighted by molar-refractivity contribution is 6.02. The minimum absolute atomic E-state index is 0.207. The Labute approximate surface area is 138 Å². The number of hydrogen-bond acceptors (Lipinski definition) is 2. The van der Waals surface area contributed by atoms with E-state index in [4.69, 9.17) is 0 Å². The van der Waals surface area contributed by atoms with Crippen LogP contribution in [0.25, 0.3) is 21.9 Å². The molecule has 0 saturated carbocycles. The van der Waals surface area contributed by atoms with E-state index in [-0.39, 0.29) is 5.39 Å². The number of nitrogens with zero attached hydrogens (tertiary/aromatic N) is 1. The molecule has 0 aliphatic heterocycles. The van der Waals surface area contributed by atoms with Gasteiger partial charge in [0.25, 0.3) is 0 Å². The molecule has 1 heterocycles. The van der Waals surface area contributed by atoms with Crippen molar-refractivity contribution in [3.8, 4) is 11.1 Å². The lowest BCUT2D eigenvalue weighted by Crippen LogP contribution is -2.10. The van der Waals surface area contributed by atoms with Crippen LogP contribution in [0.4, 0.5) is 19.0 Å². The van der Waals surface area contributed by atoms with Crippen LogP contribution in [0.3, 0.4) is 0 Å². The van der Waals surface area contributed by atoms with E-state index >= 15 is 0 Å². The van der Waals surface area contributed by atoms with Crippen molar-refractivity contribution in [2.75, 3.05) is 11.9 Å². The smallest absolute Gasteiger partial charge is 0.137 e. The summed E-state index contributed by atoms with van der Waals surface area (Å²) in [5, 5.41) is 3.66. The first-order chi connectivity index (χ1) is 11.5. The third kappa shape index (κ3) is 3.20. The molecule has 3 rings (SSSR count). The number of aromatic nitrogens is 1. The highest BCUT2D eigenvalue weighted by Gasteiger charge is 2.15. The summed E-state index contributed by atoms with van der Waals surface area (Å²) in [5.41, 5.74) is 1.01. The molecule has 0 atom stereocenters. The predicted octanol–water partition coefficient (Wildman–Crippen LogP) is 5.39. The molecular formula is C19H17F3N2. The normalized spacial score (nSPS) is 11.2. The van der Waals surface area contributed by atoms with Gasteiger partial charge in [-0.2, -0.15) is 0 Å². The van der Waals surface area contributed by atoms with E-state index in [1.54, 1.807) is 12.1 Å². The average molecular weight is 330 g/mol. The monoisotopic (exact) mass is 330 g/mol. The van der Waals surface area contributed by atoms with Crippen LogP contribution in [-0.4, -0.2) is 11.5 Å². The van der Waals surface area contributed by atoms with Gasteiger partial charge in [0, 0.05) is 29.8 Å². The summed E-state index contributed by atoms with van der Waals surface area (Å²) >= 11 is 0. The standard InChI is InChI=1S/C19H17F3N2/c1-11(2)9-23-19-18-15(7-14(21)8-17(18)22)16(10-24-19)12-4-3-5-13(20)6-12/h3-8,10-11H,9H2,1-2H3,(H,23,24). The third-order valence-electron chi connectivity index (χ3n) is 3.72. The number of nitrogens with one attached hydrogen (secondary N) is 1. The number of benzene rings is 2. The zero-order chi connectivity index (χ0) is 17.3. The van der Waals surface area contributed by atoms with Crippen molar-refractivity contribution < 1.29 is 13.2 Å². The molecule has 0 aliphatic carbocycles. The van der Waals surface area contributed by atoms with Crippen molar-refractivity contribution in [1.29, 1.82) is 0 Å². The van der Waals surface area contributed by atoms with Gasteiger partial charge in [0.2, 0.25) is 0 Å². The molecule has 3 aromatic rings. The van der Waals surface area contributed by atoms with E-state index in [1.807, 2.05) is 13.8 Å². The molecule has 1 N–H and O–H groups in total. The summed E-state index contributed by atoms with van der Waals surface area (Å²) in [6, 6.07) is 7.96. The van der Waals surface area contributed by atoms with Crippen molar-refractivity contribution in [1.82, 2.24) is 4.98 Å². The highest BCUT2D eigenvalue weighted by atomic mass is 19.1. The molecule has 124 valence electrons. The van der Waals surface area contributed by atoms with Crippen LogP contribution in [0.1, 0.15) is 13.8 Å². The van der Waals surface area contributed by atoms with Gasteiger partial charge < -0.3 is 5.32 Å². The first kappa shape index (κ1) is 16.3. The second-order valence-corrected chi connectivity index (χ2v) is 6.12. The van der Waals surface area contributed by atoms with Gasteiger partial charge in [-0.3, -0.25) is 0 Å². The lowest BCUT2D eigenvalue weighted by atomic mass is 9.99. The van der Waals surface area contributed by atoms with Gasteiger partial charge in [-0.05, 0) is 29.7 Å². The van der Waals surface area contributed by atoms with E-state index in [1.165, 1.54) is 24.4 Å². The minimum atomic E-state index is -0.693. The van der Waals surface area contributed by atoms with Crippen molar-refractivity contribution in [3.63, 3.8) is 0 Å². The lowest BCUT2D eigenvalue weighted by Gasteiger charge is -2.14. The molecule has 0 amide bonds. The summed E-state index contributed by atoms with van der Waals surface area (Å²) in [6.07, 6.45) is 1.51. The number of anilines is 1. The zero-order valence-corrected chi connectivity index (χ0v) is 13.4. The van der Waals surface area contributed by atoms with Gasteiger partial charge in [0.15, 0.2) is 0 Å². The molecule has 0 radical (unpaired) electrons. The maximum atomic E-state index is 14.4. The molecule has 2 aromatic carbocycles. The molecule has 0 aliphatic rings. The fourth-order valence-electron chi connectivity index (χ4n) is 2.61. The van der Waals surface area contributed by atoms with E-state index < -0.39 is 17.5 Å². The van der Waals surface area contributed by atoms with Crippen LogP contribution >= 0.6 is 0 Å². The number of halogens is 3. The molecule has 0 spiro atoms. The Kier molecular flexibility index (Phi) is 4.42. The molecule has 0 bridgehead atoms. The molecular weight excluding hydrogens is 313 g/mol. The second kappa shape index (κ2) is 6.51. The van der Waals surface area contributed by atoms with Crippen molar-refractivity contribution in [2.45, 2.75) is 13.8 Å². The van der Waals surface area contributed by atoms with Crippen LogP contribution in [0.2, 0.25) is 0 Å².